The predicted molar refractivity (Wildman–Crippen MR) is 287 cm³/mol. The van der Waals surface area contributed by atoms with Crippen LogP contribution in [0, 0.1) is 17.8 Å². The van der Waals surface area contributed by atoms with Gasteiger partial charge in [0.1, 0.15) is 66.2 Å². The van der Waals surface area contributed by atoms with Gasteiger partial charge in [0, 0.05) is 6.54 Å². The van der Waals surface area contributed by atoms with Gasteiger partial charge in [-0.25, -0.2) is 4.79 Å². The van der Waals surface area contributed by atoms with E-state index in [1.165, 1.54) is 32.9 Å². The molecule has 80 heavy (non-hydrogen) atoms. The second kappa shape index (κ2) is 32.9. The van der Waals surface area contributed by atoms with Gasteiger partial charge in [-0.15, -0.1) is 0 Å². The summed E-state index contributed by atoms with van der Waals surface area (Å²) < 4.78 is 0. The fraction of sp³-hybridized carbons (Fsp3) is 0.673. The average molecular weight is 1140 g/mol. The summed E-state index contributed by atoms with van der Waals surface area (Å²) in [6.45, 7) is 13.5. The van der Waals surface area contributed by atoms with Crippen LogP contribution in [0.2, 0.25) is 0 Å². The highest BCUT2D eigenvalue weighted by Gasteiger charge is 2.41. The number of likely N-dealkylation sites (tertiary alicyclic amines) is 1. The molecule has 450 valence electrons. The largest absolute Gasteiger partial charge is 0.508 e. The van der Waals surface area contributed by atoms with Crippen LogP contribution in [0.3, 0.4) is 0 Å². The third kappa shape index (κ3) is 21.6. The van der Waals surface area contributed by atoms with Crippen LogP contribution in [-0.2, 0) is 59.2 Å². The molecule has 0 radical (unpaired) electrons. The Kier molecular flexibility index (Phi) is 28.4. The molecule has 2 rings (SSSR count). The third-order valence-electron chi connectivity index (χ3n) is 13.3. The number of aliphatic hydroxyl groups is 4. The van der Waals surface area contributed by atoms with Crippen molar-refractivity contribution in [3.63, 3.8) is 0 Å². The maximum Gasteiger partial charge on any atom is 0.328 e. The predicted octanol–water partition coefficient (Wildman–Crippen LogP) is -4.37. The standard InChI is InChI=1S/C52H85N11O17/c1-11-26(6)39(60-50(77)41(30(10)67)61-44(71)33(53)21-31-14-16-32(68)17-15-31)48(75)55-27(7)42(69)54-28(8)43(70)56-34(19-24(2)3)45(72)57-35(20-25(4)5)46(73)58-36(22-64)51(78)63-18-12-13-38(63)47(74)62-40(29(9)66)49(76)59-37(23-65)52(79)80/h14-17,24-30,33-41,64-68H,11-13,18-23,53H2,1-10H3,(H,54,69)(H,55,75)(H,56,70)(H,57,72)(H,58,73)(H,59,76)(H,60,77)(H,61,71)(H,62,74)(H,79,80)/t26-,27-,28-,29+,30+,33-,34-,35-,36-,37-,38-,39-,40-,41-/m0/s1. The van der Waals surface area contributed by atoms with Gasteiger partial charge in [-0.2, -0.15) is 0 Å². The van der Waals surface area contributed by atoms with Crippen molar-refractivity contribution in [3.05, 3.63) is 29.8 Å². The average Bonchev–Trinajstić information content (AvgIpc) is 3.88. The first-order chi connectivity index (χ1) is 37.4. The minimum Gasteiger partial charge on any atom is -0.508 e. The van der Waals surface area contributed by atoms with E-state index in [1.54, 1.807) is 53.7 Å². The van der Waals surface area contributed by atoms with Crippen LogP contribution >= 0.6 is 0 Å². The van der Waals surface area contributed by atoms with E-state index < -0.39 is 163 Å². The zero-order valence-electron chi connectivity index (χ0n) is 47.1. The second-order valence-electron chi connectivity index (χ2n) is 21.2. The Balaban J connectivity index is 2.16. The molecule has 1 aliphatic rings. The van der Waals surface area contributed by atoms with Crippen molar-refractivity contribution in [3.8, 4) is 5.75 Å². The van der Waals surface area contributed by atoms with Gasteiger partial charge in [0.15, 0.2) is 0 Å². The van der Waals surface area contributed by atoms with E-state index in [1.807, 2.05) is 5.32 Å². The molecule has 0 aromatic heterocycles. The first kappa shape index (κ1) is 69.1. The summed E-state index contributed by atoms with van der Waals surface area (Å²) in [5.74, 6) is -11.4. The number of aromatic hydroxyl groups is 1. The monoisotopic (exact) mass is 1140 g/mol. The highest BCUT2D eigenvalue weighted by Crippen LogP contribution is 2.20. The summed E-state index contributed by atoms with van der Waals surface area (Å²) in [4.78, 5) is 148. The molecular formula is C52H85N11O17. The van der Waals surface area contributed by atoms with E-state index in [9.17, 15) is 83.4 Å². The smallest absolute Gasteiger partial charge is 0.328 e. The number of benzene rings is 1. The van der Waals surface area contributed by atoms with Gasteiger partial charge in [-0.1, -0.05) is 60.1 Å². The molecule has 1 aromatic carbocycles. The third-order valence-corrected chi connectivity index (χ3v) is 13.3. The number of rotatable bonds is 32. The molecule has 14 atom stereocenters. The number of aliphatic carboxylic acids is 1. The van der Waals surface area contributed by atoms with Crippen molar-refractivity contribution in [1.82, 2.24) is 52.8 Å². The van der Waals surface area contributed by atoms with Gasteiger partial charge in [-0.3, -0.25) is 47.9 Å². The van der Waals surface area contributed by atoms with E-state index in [4.69, 9.17) is 5.73 Å². The first-order valence-corrected chi connectivity index (χ1v) is 26.7. The lowest BCUT2D eigenvalue weighted by Gasteiger charge is -2.31. The zero-order valence-corrected chi connectivity index (χ0v) is 47.1. The molecule has 10 amide bonds. The number of carbonyl (C=O) groups is 11. The molecule has 0 unspecified atom stereocenters. The normalized spacial score (nSPS) is 18.2. The van der Waals surface area contributed by atoms with E-state index in [-0.39, 0.29) is 56.2 Å². The van der Waals surface area contributed by atoms with E-state index >= 15 is 0 Å². The molecule has 28 nitrogen and oxygen atoms in total. The highest BCUT2D eigenvalue weighted by atomic mass is 16.4. The molecular weight excluding hydrogens is 1050 g/mol. The van der Waals surface area contributed by atoms with Gasteiger partial charge in [0.25, 0.3) is 0 Å². The maximum absolute atomic E-state index is 14.0. The molecule has 17 N–H and O–H groups in total. The number of nitrogens with two attached hydrogens (primary N) is 1. The zero-order chi connectivity index (χ0) is 60.9. The van der Waals surface area contributed by atoms with Gasteiger partial charge in [0.05, 0.1) is 31.5 Å². The fourth-order valence-corrected chi connectivity index (χ4v) is 8.40. The number of phenols is 1. The van der Waals surface area contributed by atoms with Crippen LogP contribution < -0.4 is 53.6 Å². The lowest BCUT2D eigenvalue weighted by molar-refractivity contribution is -0.145. The molecule has 0 spiro atoms. The Morgan fingerprint density at radius 3 is 1.46 bits per heavy atom. The summed E-state index contributed by atoms with van der Waals surface area (Å²) in [7, 11) is 0. The van der Waals surface area contributed by atoms with Gasteiger partial charge in [-0.05, 0) is 95.2 Å². The number of hydrogen-bond acceptors (Lipinski definition) is 17. The number of amides is 10. The topological polar surface area (TPSA) is 447 Å². The van der Waals surface area contributed by atoms with Gasteiger partial charge < -0.3 is 89.1 Å². The quantitative estimate of drug-likeness (QED) is 0.0324. The molecule has 0 bridgehead atoms. The van der Waals surface area contributed by atoms with Crippen LogP contribution in [0.4, 0.5) is 0 Å². The number of nitrogens with zero attached hydrogens (tertiary/aromatic N) is 1. The highest BCUT2D eigenvalue weighted by molar-refractivity contribution is 5.99. The summed E-state index contributed by atoms with van der Waals surface area (Å²) in [5, 5.41) is 81.1. The Labute approximate surface area is 465 Å². The Hall–Kier alpha value is -7.01. The number of carboxylic acids is 1. The minimum absolute atomic E-state index is 0.00980. The Morgan fingerprint density at radius 2 is 0.988 bits per heavy atom. The van der Waals surface area contributed by atoms with E-state index in [2.05, 4.69) is 42.5 Å². The van der Waals surface area contributed by atoms with Crippen LogP contribution in [0.15, 0.2) is 24.3 Å². The number of carbonyl (C=O) groups excluding carboxylic acids is 10. The van der Waals surface area contributed by atoms with Gasteiger partial charge >= 0.3 is 5.97 Å². The molecule has 1 aromatic rings. The molecule has 1 saturated heterocycles. The molecule has 1 fully saturated rings. The van der Waals surface area contributed by atoms with Crippen molar-refractivity contribution >= 4 is 65.0 Å². The number of phenolic OH excluding ortho intramolecular Hbond substituents is 1. The van der Waals surface area contributed by atoms with Crippen molar-refractivity contribution in [1.29, 1.82) is 0 Å². The van der Waals surface area contributed by atoms with Crippen molar-refractivity contribution in [2.75, 3.05) is 19.8 Å². The van der Waals surface area contributed by atoms with E-state index in [0.717, 1.165) is 11.8 Å². The SMILES string of the molecule is CC[C@H](C)[C@H](NC(=O)[C@@H](NC(=O)[C@@H](N)Cc1ccc(O)cc1)[C@@H](C)O)C(=O)N[C@@H](C)C(=O)N[C@@H](C)C(=O)N[C@@H](CC(C)C)C(=O)N[C@@H](CC(C)C)C(=O)N[C@@H](CO)C(=O)N1CCC[C@H]1C(=O)N[C@H](C(=O)N[C@@H](CO)C(=O)O)[C@@H](C)O. The van der Waals surface area contributed by atoms with Crippen molar-refractivity contribution < 1.29 is 83.4 Å². The van der Waals surface area contributed by atoms with Crippen LogP contribution in [0.25, 0.3) is 0 Å². The van der Waals surface area contributed by atoms with Crippen LogP contribution in [0.1, 0.15) is 107 Å². The molecule has 1 heterocycles. The molecule has 1 aliphatic heterocycles. The first-order valence-electron chi connectivity index (χ1n) is 26.7. The molecule has 0 saturated carbocycles. The molecule has 28 heteroatoms. The Bertz CT molecular complexity index is 2300. The second-order valence-corrected chi connectivity index (χ2v) is 21.2. The summed E-state index contributed by atoms with van der Waals surface area (Å²) in [5.41, 5.74) is 6.70. The summed E-state index contributed by atoms with van der Waals surface area (Å²) in [6.07, 6.45) is -2.18. The van der Waals surface area contributed by atoms with Gasteiger partial charge in [0.2, 0.25) is 59.1 Å². The number of carboxylic acid groups (broad SMARTS) is 1. The lowest BCUT2D eigenvalue weighted by Crippen LogP contribution is -2.62. The number of aliphatic hydroxyl groups excluding tert-OH is 4. The maximum atomic E-state index is 14.0. The summed E-state index contributed by atoms with van der Waals surface area (Å²) in [6, 6.07) is -9.56. The van der Waals surface area contributed by atoms with E-state index in [0.29, 0.717) is 12.0 Å². The number of nitrogens with one attached hydrogen (secondary N) is 9. The fourth-order valence-electron chi connectivity index (χ4n) is 8.40. The van der Waals surface area contributed by atoms with Crippen LogP contribution in [-0.4, -0.2) is 199 Å². The molecule has 0 aliphatic carbocycles. The van der Waals surface area contributed by atoms with Crippen molar-refractivity contribution in [2.45, 2.75) is 186 Å². The van der Waals surface area contributed by atoms with Crippen molar-refractivity contribution in [2.24, 2.45) is 23.5 Å². The number of hydrogen-bond donors (Lipinski definition) is 16. The minimum atomic E-state index is -1.74. The summed E-state index contributed by atoms with van der Waals surface area (Å²) >= 11 is 0. The lowest BCUT2D eigenvalue weighted by atomic mass is 9.97. The Morgan fingerprint density at radius 1 is 0.562 bits per heavy atom. The van der Waals surface area contributed by atoms with Crippen LogP contribution in [0.5, 0.6) is 5.75 Å².